The van der Waals surface area contributed by atoms with Crippen molar-refractivity contribution in [1.29, 1.82) is 0 Å². The molecule has 0 N–H and O–H groups in total. The van der Waals surface area contributed by atoms with E-state index in [9.17, 15) is 14.4 Å². The molecule has 3 saturated heterocycles. The molecule has 0 aromatic heterocycles. The molecule has 5 rings (SSSR count). The largest absolute Gasteiger partial charge is 0.491 e. The van der Waals surface area contributed by atoms with Gasteiger partial charge >= 0.3 is 6.09 Å². The molecule has 2 aromatic rings. The number of benzene rings is 2. The van der Waals surface area contributed by atoms with Gasteiger partial charge in [0.15, 0.2) is 5.60 Å². The van der Waals surface area contributed by atoms with Crippen molar-refractivity contribution in [2.24, 2.45) is 0 Å². The molecule has 3 heterocycles. The number of carbonyl (C=O) groups is 3. The summed E-state index contributed by atoms with van der Waals surface area (Å²) >= 11 is 0. The first-order valence-corrected chi connectivity index (χ1v) is 11.8. The normalized spacial score (nSPS) is 22.1. The Morgan fingerprint density at radius 1 is 0.971 bits per heavy atom. The molecule has 3 aliphatic heterocycles. The number of ether oxygens (including phenoxy) is 2. The Morgan fingerprint density at radius 2 is 1.76 bits per heavy atom. The lowest BCUT2D eigenvalue weighted by Gasteiger charge is -2.23. The van der Waals surface area contributed by atoms with E-state index in [2.05, 4.69) is 0 Å². The maximum atomic E-state index is 13.4. The summed E-state index contributed by atoms with van der Waals surface area (Å²) in [4.78, 5) is 43.0. The van der Waals surface area contributed by atoms with Crippen LogP contribution in [0.5, 0.6) is 5.75 Å². The van der Waals surface area contributed by atoms with Crippen molar-refractivity contribution in [3.05, 3.63) is 65.7 Å². The molecule has 3 aliphatic rings. The zero-order valence-corrected chi connectivity index (χ0v) is 19.2. The van der Waals surface area contributed by atoms with Crippen molar-refractivity contribution in [2.45, 2.75) is 31.4 Å². The number of para-hydroxylation sites is 1. The molecule has 8 nitrogen and oxygen atoms in total. The molecule has 0 aliphatic carbocycles. The summed E-state index contributed by atoms with van der Waals surface area (Å²) in [7, 11) is 0. The highest BCUT2D eigenvalue weighted by atomic mass is 16.6. The van der Waals surface area contributed by atoms with Gasteiger partial charge in [-0.1, -0.05) is 42.5 Å². The molecule has 0 bridgehead atoms. The number of rotatable bonds is 7. The van der Waals surface area contributed by atoms with Crippen LogP contribution >= 0.6 is 0 Å². The van der Waals surface area contributed by atoms with E-state index in [0.717, 1.165) is 18.5 Å². The fourth-order valence-electron chi connectivity index (χ4n) is 4.99. The SMILES string of the molecule is O=C1CCCN1CCOc1ccccc1C(=O)N1CCC2(CN(Cc3ccccc3)C(=O)O2)C1. The number of likely N-dealkylation sites (tertiary alicyclic amines) is 2. The molecule has 1 unspecified atom stereocenters. The quantitative estimate of drug-likeness (QED) is 0.631. The van der Waals surface area contributed by atoms with Crippen LogP contribution in [0.1, 0.15) is 35.2 Å². The Balaban J connectivity index is 1.21. The van der Waals surface area contributed by atoms with Crippen molar-refractivity contribution in [3.63, 3.8) is 0 Å². The lowest BCUT2D eigenvalue weighted by atomic mass is 10.0. The maximum absolute atomic E-state index is 13.4. The highest BCUT2D eigenvalue weighted by Gasteiger charge is 2.50. The van der Waals surface area contributed by atoms with E-state index in [0.29, 0.717) is 63.5 Å². The standard InChI is InChI=1S/C26H29N3O5/c30-23-11-6-13-27(23)15-16-33-22-10-5-4-9-21(22)24(31)28-14-12-26(18-28)19-29(25(32)34-26)17-20-7-2-1-3-8-20/h1-5,7-10H,6,11-19H2. The third kappa shape index (κ3) is 4.58. The number of amides is 3. The van der Waals surface area contributed by atoms with Crippen LogP contribution in [-0.2, 0) is 16.1 Å². The zero-order chi connectivity index (χ0) is 23.5. The van der Waals surface area contributed by atoms with Crippen LogP contribution in [0.3, 0.4) is 0 Å². The minimum absolute atomic E-state index is 0.137. The summed E-state index contributed by atoms with van der Waals surface area (Å²) < 4.78 is 11.7. The number of nitrogens with zero attached hydrogens (tertiary/aromatic N) is 3. The summed E-state index contributed by atoms with van der Waals surface area (Å²) in [5, 5.41) is 0. The van der Waals surface area contributed by atoms with Gasteiger partial charge in [-0.3, -0.25) is 14.5 Å². The van der Waals surface area contributed by atoms with Gasteiger partial charge < -0.3 is 19.3 Å². The Hall–Kier alpha value is -3.55. The molecular weight excluding hydrogens is 434 g/mol. The monoisotopic (exact) mass is 463 g/mol. The summed E-state index contributed by atoms with van der Waals surface area (Å²) in [5.41, 5.74) is 0.856. The van der Waals surface area contributed by atoms with E-state index in [4.69, 9.17) is 9.47 Å². The first-order valence-electron chi connectivity index (χ1n) is 11.8. The van der Waals surface area contributed by atoms with Crippen LogP contribution in [0, 0.1) is 0 Å². The predicted molar refractivity (Wildman–Crippen MR) is 124 cm³/mol. The molecular formula is C26H29N3O5. The van der Waals surface area contributed by atoms with E-state index in [1.54, 1.807) is 26.8 Å². The number of hydrogen-bond acceptors (Lipinski definition) is 5. The van der Waals surface area contributed by atoms with Crippen molar-refractivity contribution < 1.29 is 23.9 Å². The second-order valence-electron chi connectivity index (χ2n) is 9.20. The lowest BCUT2D eigenvalue weighted by Crippen LogP contribution is -2.39. The fourth-order valence-corrected chi connectivity index (χ4v) is 4.99. The van der Waals surface area contributed by atoms with E-state index in [-0.39, 0.29) is 17.9 Å². The van der Waals surface area contributed by atoms with Crippen LogP contribution in [0.15, 0.2) is 54.6 Å². The zero-order valence-electron chi connectivity index (χ0n) is 19.2. The Bertz CT molecular complexity index is 1080. The van der Waals surface area contributed by atoms with Gasteiger partial charge in [0.2, 0.25) is 5.91 Å². The van der Waals surface area contributed by atoms with Crippen LogP contribution in [0.25, 0.3) is 0 Å². The summed E-state index contributed by atoms with van der Waals surface area (Å²) in [6.45, 7) is 3.45. The molecule has 1 spiro atoms. The topological polar surface area (TPSA) is 79.4 Å². The minimum atomic E-state index is -0.673. The fraction of sp³-hybridized carbons (Fsp3) is 0.423. The molecule has 34 heavy (non-hydrogen) atoms. The highest BCUT2D eigenvalue weighted by molar-refractivity contribution is 5.97. The molecule has 1 atom stereocenters. The van der Waals surface area contributed by atoms with Crippen molar-refractivity contribution in [3.8, 4) is 5.75 Å². The van der Waals surface area contributed by atoms with Gasteiger partial charge in [-0.05, 0) is 24.1 Å². The van der Waals surface area contributed by atoms with Crippen molar-refractivity contribution in [2.75, 3.05) is 39.3 Å². The van der Waals surface area contributed by atoms with Gasteiger partial charge in [-0.15, -0.1) is 0 Å². The van der Waals surface area contributed by atoms with Crippen LogP contribution in [0.4, 0.5) is 4.79 Å². The van der Waals surface area contributed by atoms with Gasteiger partial charge in [0, 0.05) is 32.5 Å². The minimum Gasteiger partial charge on any atom is -0.491 e. The van der Waals surface area contributed by atoms with Crippen LogP contribution in [-0.4, -0.2) is 77.5 Å². The number of hydrogen-bond donors (Lipinski definition) is 0. The average Bonchev–Trinajstić information content (AvgIpc) is 3.53. The summed E-state index contributed by atoms with van der Waals surface area (Å²) in [6, 6.07) is 17.0. The Labute approximate surface area is 199 Å². The van der Waals surface area contributed by atoms with Gasteiger partial charge in [-0.2, -0.15) is 0 Å². The van der Waals surface area contributed by atoms with Gasteiger partial charge in [0.05, 0.1) is 25.2 Å². The first kappa shape index (κ1) is 22.3. The van der Waals surface area contributed by atoms with E-state index in [1.807, 2.05) is 42.5 Å². The third-order valence-electron chi connectivity index (χ3n) is 6.77. The van der Waals surface area contributed by atoms with Gasteiger partial charge in [0.1, 0.15) is 12.4 Å². The molecule has 178 valence electrons. The molecule has 2 aromatic carbocycles. The molecule has 3 amide bonds. The second-order valence-corrected chi connectivity index (χ2v) is 9.20. The Morgan fingerprint density at radius 3 is 2.56 bits per heavy atom. The third-order valence-corrected chi connectivity index (χ3v) is 6.77. The maximum Gasteiger partial charge on any atom is 0.410 e. The predicted octanol–water partition coefficient (Wildman–Crippen LogP) is 2.92. The smallest absolute Gasteiger partial charge is 0.410 e. The Kier molecular flexibility index (Phi) is 6.13. The van der Waals surface area contributed by atoms with Crippen molar-refractivity contribution >= 4 is 17.9 Å². The lowest BCUT2D eigenvalue weighted by molar-refractivity contribution is -0.128. The van der Waals surface area contributed by atoms with Crippen molar-refractivity contribution in [1.82, 2.24) is 14.7 Å². The number of carbonyl (C=O) groups excluding carboxylic acids is 3. The average molecular weight is 464 g/mol. The molecule has 3 fully saturated rings. The van der Waals surface area contributed by atoms with Crippen LogP contribution in [0.2, 0.25) is 0 Å². The highest BCUT2D eigenvalue weighted by Crippen LogP contribution is 2.34. The summed E-state index contributed by atoms with van der Waals surface area (Å²) in [6.07, 6.45) is 1.76. The summed E-state index contributed by atoms with van der Waals surface area (Å²) in [5.74, 6) is 0.527. The molecule has 0 saturated carbocycles. The van der Waals surface area contributed by atoms with E-state index in [1.165, 1.54) is 0 Å². The van der Waals surface area contributed by atoms with Gasteiger partial charge in [0.25, 0.3) is 5.91 Å². The van der Waals surface area contributed by atoms with E-state index >= 15 is 0 Å². The first-order chi connectivity index (χ1) is 16.5. The molecule has 8 heteroatoms. The second kappa shape index (κ2) is 9.37. The van der Waals surface area contributed by atoms with Crippen LogP contribution < -0.4 is 4.74 Å². The van der Waals surface area contributed by atoms with Gasteiger partial charge in [-0.25, -0.2) is 4.79 Å². The van der Waals surface area contributed by atoms with E-state index < -0.39 is 5.60 Å². The molecule has 0 radical (unpaired) electrons.